The SMILES string of the molecule is c1ccc(-c2nc(-c3ccccc3)nc(-c3cc(-c4cc5oc(-c6ccccc6)nc5c5c4sc4ccccc45)c4ccccc4c3)n2)cc1. The highest BCUT2D eigenvalue weighted by atomic mass is 32.1. The fraction of sp³-hybridized carbons (Fsp3) is 0. The molecule has 0 fully saturated rings. The fourth-order valence-corrected chi connectivity index (χ4v) is 8.01. The van der Waals surface area contributed by atoms with E-state index >= 15 is 0 Å². The van der Waals surface area contributed by atoms with Gasteiger partial charge in [0, 0.05) is 48.0 Å². The van der Waals surface area contributed by atoms with Crippen LogP contribution < -0.4 is 0 Å². The largest absolute Gasteiger partial charge is 0.436 e. The Morgan fingerprint density at radius 2 is 1.00 bits per heavy atom. The van der Waals surface area contributed by atoms with E-state index in [0.29, 0.717) is 23.4 Å². The van der Waals surface area contributed by atoms with E-state index in [0.717, 1.165) is 60.6 Å². The van der Waals surface area contributed by atoms with Gasteiger partial charge in [0.05, 0.1) is 0 Å². The van der Waals surface area contributed by atoms with Crippen LogP contribution in [0, 0.1) is 0 Å². The molecule has 10 aromatic rings. The summed E-state index contributed by atoms with van der Waals surface area (Å²) in [4.78, 5) is 20.2. The normalized spacial score (nSPS) is 11.6. The number of hydrogen-bond acceptors (Lipinski definition) is 6. The molecule has 0 aliphatic heterocycles. The molecule has 3 aromatic heterocycles. The van der Waals surface area contributed by atoms with E-state index in [9.17, 15) is 0 Å². The molecule has 0 bridgehead atoms. The second-order valence-corrected chi connectivity index (χ2v) is 13.3. The van der Waals surface area contributed by atoms with Crippen LogP contribution in [-0.2, 0) is 0 Å². The van der Waals surface area contributed by atoms with Crippen molar-refractivity contribution in [1.82, 2.24) is 19.9 Å². The van der Waals surface area contributed by atoms with Crippen molar-refractivity contribution in [2.24, 2.45) is 0 Å². The molecule has 6 heteroatoms. The first kappa shape index (κ1) is 28.5. The van der Waals surface area contributed by atoms with Crippen molar-refractivity contribution in [3.05, 3.63) is 158 Å². The van der Waals surface area contributed by atoms with Crippen molar-refractivity contribution in [1.29, 1.82) is 0 Å². The van der Waals surface area contributed by atoms with Crippen LogP contribution in [0.15, 0.2) is 162 Å². The minimum atomic E-state index is 0.611. The maximum absolute atomic E-state index is 6.56. The molecule has 0 amide bonds. The summed E-state index contributed by atoms with van der Waals surface area (Å²) in [5, 5.41) is 4.51. The molecule has 0 radical (unpaired) electrons. The number of aromatic nitrogens is 4. The second-order valence-electron chi connectivity index (χ2n) is 12.2. The smallest absolute Gasteiger partial charge is 0.227 e. The van der Waals surface area contributed by atoms with Crippen molar-refractivity contribution < 1.29 is 4.42 Å². The summed E-state index contributed by atoms with van der Waals surface area (Å²) in [5.41, 5.74) is 7.52. The molecule has 234 valence electrons. The van der Waals surface area contributed by atoms with Gasteiger partial charge in [-0.1, -0.05) is 121 Å². The lowest BCUT2D eigenvalue weighted by Gasteiger charge is -2.13. The summed E-state index contributed by atoms with van der Waals surface area (Å²) >= 11 is 1.79. The van der Waals surface area contributed by atoms with Crippen LogP contribution in [0.4, 0.5) is 0 Å². The van der Waals surface area contributed by atoms with Crippen LogP contribution in [0.3, 0.4) is 0 Å². The van der Waals surface area contributed by atoms with E-state index in [1.165, 1.54) is 14.8 Å². The number of rotatable bonds is 5. The van der Waals surface area contributed by atoms with Gasteiger partial charge in [-0.15, -0.1) is 11.3 Å². The first-order valence-electron chi connectivity index (χ1n) is 16.5. The van der Waals surface area contributed by atoms with Gasteiger partial charge in [-0.25, -0.2) is 19.9 Å². The van der Waals surface area contributed by atoms with Crippen LogP contribution in [0.1, 0.15) is 0 Å². The Labute approximate surface area is 291 Å². The van der Waals surface area contributed by atoms with Gasteiger partial charge in [0.15, 0.2) is 23.1 Å². The minimum Gasteiger partial charge on any atom is -0.436 e. The molecule has 0 N–H and O–H groups in total. The van der Waals surface area contributed by atoms with Crippen molar-refractivity contribution in [2.45, 2.75) is 0 Å². The number of oxazole rings is 1. The molecule has 5 nitrogen and oxygen atoms in total. The zero-order valence-electron chi connectivity index (χ0n) is 26.6. The Balaban J connectivity index is 1.26. The number of nitrogens with zero attached hydrogens (tertiary/aromatic N) is 4. The Morgan fingerprint density at radius 3 is 1.68 bits per heavy atom. The van der Waals surface area contributed by atoms with E-state index in [1.807, 2.05) is 91.0 Å². The van der Waals surface area contributed by atoms with Gasteiger partial charge in [0.25, 0.3) is 0 Å². The van der Waals surface area contributed by atoms with Gasteiger partial charge >= 0.3 is 0 Å². The van der Waals surface area contributed by atoms with Crippen LogP contribution in [-0.4, -0.2) is 19.9 Å². The van der Waals surface area contributed by atoms with Gasteiger partial charge < -0.3 is 4.42 Å². The van der Waals surface area contributed by atoms with Gasteiger partial charge in [-0.2, -0.15) is 0 Å². The van der Waals surface area contributed by atoms with E-state index in [1.54, 1.807) is 11.3 Å². The van der Waals surface area contributed by atoms with E-state index in [4.69, 9.17) is 24.4 Å². The molecular weight excluding hydrogens is 633 g/mol. The van der Waals surface area contributed by atoms with Gasteiger partial charge in [0.1, 0.15) is 5.52 Å². The van der Waals surface area contributed by atoms with Crippen LogP contribution in [0.25, 0.3) is 98.8 Å². The average molecular weight is 659 g/mol. The molecule has 3 heterocycles. The molecule has 0 aliphatic carbocycles. The predicted octanol–water partition coefficient (Wildman–Crippen LogP) is 11.9. The highest BCUT2D eigenvalue weighted by molar-refractivity contribution is 7.26. The van der Waals surface area contributed by atoms with E-state index < -0.39 is 0 Å². The number of fused-ring (bicyclic) bond motifs is 6. The minimum absolute atomic E-state index is 0.611. The van der Waals surface area contributed by atoms with E-state index in [-0.39, 0.29) is 0 Å². The zero-order valence-corrected chi connectivity index (χ0v) is 27.4. The summed E-state index contributed by atoms with van der Waals surface area (Å²) in [7, 11) is 0. The second kappa shape index (κ2) is 11.6. The highest BCUT2D eigenvalue weighted by Crippen LogP contribution is 2.47. The monoisotopic (exact) mass is 658 g/mol. The Morgan fingerprint density at radius 1 is 0.440 bits per heavy atom. The third-order valence-corrected chi connectivity index (χ3v) is 10.3. The number of thiophene rings is 1. The first-order chi connectivity index (χ1) is 24.8. The molecule has 0 saturated heterocycles. The number of hydrogen-bond donors (Lipinski definition) is 0. The zero-order chi connectivity index (χ0) is 33.0. The molecular formula is C44H26N4OS. The third-order valence-electron chi connectivity index (χ3n) is 9.14. The van der Waals surface area contributed by atoms with Crippen molar-refractivity contribution in [3.63, 3.8) is 0 Å². The third kappa shape index (κ3) is 4.77. The van der Waals surface area contributed by atoms with Crippen LogP contribution >= 0.6 is 11.3 Å². The highest BCUT2D eigenvalue weighted by Gasteiger charge is 2.22. The quantitative estimate of drug-likeness (QED) is 0.184. The summed E-state index contributed by atoms with van der Waals surface area (Å²) in [5.74, 6) is 2.49. The Hall–Kier alpha value is -6.50. The van der Waals surface area contributed by atoms with Crippen LogP contribution in [0.5, 0.6) is 0 Å². The Bertz CT molecular complexity index is 2810. The van der Waals surface area contributed by atoms with Gasteiger partial charge in [-0.05, 0) is 52.7 Å². The predicted molar refractivity (Wildman–Crippen MR) is 205 cm³/mol. The summed E-state index contributed by atoms with van der Waals surface area (Å²) in [6, 6.07) is 53.9. The molecule has 0 atom stereocenters. The molecule has 0 unspecified atom stereocenters. The molecule has 10 rings (SSSR count). The standard InChI is InChI=1S/C44H26N4OS/c1-4-14-27(15-5-1)41-46-42(28-16-6-2-7-17-28)48-43(47-41)31-24-30-20-10-11-21-32(30)34(25-31)35-26-36-39(45-44(49-36)29-18-8-3-9-19-29)38-33-22-12-13-23-37(33)50-40(35)38/h1-26H. The lowest BCUT2D eigenvalue weighted by atomic mass is 9.94. The molecule has 0 saturated carbocycles. The van der Waals surface area contributed by atoms with Crippen molar-refractivity contribution in [2.75, 3.05) is 0 Å². The Kier molecular flexibility index (Phi) is 6.60. The fourth-order valence-electron chi connectivity index (χ4n) is 6.78. The average Bonchev–Trinajstić information content (AvgIpc) is 3.80. The maximum Gasteiger partial charge on any atom is 0.227 e. The maximum atomic E-state index is 6.56. The summed E-state index contributed by atoms with van der Waals surface area (Å²) < 4.78 is 8.93. The topological polar surface area (TPSA) is 64.7 Å². The summed E-state index contributed by atoms with van der Waals surface area (Å²) in [6.07, 6.45) is 0. The van der Waals surface area contributed by atoms with Gasteiger partial charge in [0.2, 0.25) is 5.89 Å². The van der Waals surface area contributed by atoms with Crippen molar-refractivity contribution >= 4 is 53.4 Å². The van der Waals surface area contributed by atoms with Gasteiger partial charge in [-0.3, -0.25) is 0 Å². The molecule has 0 aliphatic rings. The first-order valence-corrected chi connectivity index (χ1v) is 17.3. The van der Waals surface area contributed by atoms with Crippen LogP contribution in [0.2, 0.25) is 0 Å². The lowest BCUT2D eigenvalue weighted by Crippen LogP contribution is -2.00. The van der Waals surface area contributed by atoms with E-state index in [2.05, 4.69) is 66.7 Å². The molecule has 50 heavy (non-hydrogen) atoms. The molecule has 7 aromatic carbocycles. The molecule has 0 spiro atoms. The van der Waals surface area contributed by atoms with Crippen molar-refractivity contribution in [3.8, 4) is 56.7 Å². The lowest BCUT2D eigenvalue weighted by molar-refractivity contribution is 0.620. The summed E-state index contributed by atoms with van der Waals surface area (Å²) in [6.45, 7) is 0. The number of benzene rings is 7.